The van der Waals surface area contributed by atoms with Gasteiger partial charge in [-0.1, -0.05) is 0 Å². The van der Waals surface area contributed by atoms with Crippen LogP contribution in [0.5, 0.6) is 0 Å². The second-order valence-corrected chi connectivity index (χ2v) is 8.17. The lowest BCUT2D eigenvalue weighted by molar-refractivity contribution is -0.142. The molecule has 0 aromatic rings. The number of nitrogens with zero attached hydrogens (tertiary/aromatic N) is 2. The molecule has 0 aromatic carbocycles. The van der Waals surface area contributed by atoms with Crippen molar-refractivity contribution < 1.29 is 27.5 Å². The van der Waals surface area contributed by atoms with Crippen molar-refractivity contribution in [2.45, 2.75) is 38.8 Å². The minimum Gasteiger partial charge on any atom is -0.469 e. The SMILES string of the molecule is COC(=O)CC1CN(C(=O)OC(C)(C)C)CCN1S(C)(=O)=O. The molecule has 1 fully saturated rings. The Morgan fingerprint density at radius 3 is 2.27 bits per heavy atom. The van der Waals surface area contributed by atoms with Gasteiger partial charge in [-0.15, -0.1) is 0 Å². The van der Waals surface area contributed by atoms with Gasteiger partial charge in [0.1, 0.15) is 5.60 Å². The molecule has 8 nitrogen and oxygen atoms in total. The Bertz CT molecular complexity index is 525. The maximum atomic E-state index is 12.1. The van der Waals surface area contributed by atoms with Crippen LogP contribution in [0.25, 0.3) is 0 Å². The smallest absolute Gasteiger partial charge is 0.410 e. The van der Waals surface area contributed by atoms with Gasteiger partial charge in [-0.05, 0) is 20.8 Å². The molecule has 1 atom stereocenters. The Kier molecular flexibility index (Phi) is 5.80. The number of carbonyl (C=O) groups excluding carboxylic acids is 2. The summed E-state index contributed by atoms with van der Waals surface area (Å²) >= 11 is 0. The third-order valence-electron chi connectivity index (χ3n) is 3.14. The number of sulfonamides is 1. The molecule has 0 radical (unpaired) electrons. The Morgan fingerprint density at radius 1 is 1.23 bits per heavy atom. The molecule has 1 saturated heterocycles. The third kappa shape index (κ3) is 5.45. The van der Waals surface area contributed by atoms with E-state index in [9.17, 15) is 18.0 Å². The Labute approximate surface area is 131 Å². The number of piperazine rings is 1. The average molecular weight is 336 g/mol. The first-order chi connectivity index (χ1) is 9.94. The van der Waals surface area contributed by atoms with Crippen molar-refractivity contribution in [1.82, 2.24) is 9.21 Å². The number of hydrogen-bond acceptors (Lipinski definition) is 6. The van der Waals surface area contributed by atoms with Crippen molar-refractivity contribution in [3.63, 3.8) is 0 Å². The molecule has 1 unspecified atom stereocenters. The molecule has 0 aliphatic carbocycles. The highest BCUT2D eigenvalue weighted by Crippen LogP contribution is 2.19. The average Bonchev–Trinajstić information content (AvgIpc) is 2.35. The summed E-state index contributed by atoms with van der Waals surface area (Å²) in [6, 6.07) is -0.649. The van der Waals surface area contributed by atoms with E-state index in [1.165, 1.54) is 16.3 Å². The first-order valence-electron chi connectivity index (χ1n) is 6.95. The molecular formula is C13H24N2O6S. The van der Waals surface area contributed by atoms with Gasteiger partial charge in [-0.25, -0.2) is 13.2 Å². The quantitative estimate of drug-likeness (QED) is 0.694. The topological polar surface area (TPSA) is 93.2 Å². The molecule has 22 heavy (non-hydrogen) atoms. The van der Waals surface area contributed by atoms with Crippen LogP contribution in [0, 0.1) is 0 Å². The summed E-state index contributed by atoms with van der Waals surface area (Å²) < 4.78 is 34.7. The van der Waals surface area contributed by atoms with Crippen molar-refractivity contribution in [3.8, 4) is 0 Å². The second-order valence-electron chi connectivity index (χ2n) is 6.23. The van der Waals surface area contributed by atoms with Gasteiger partial charge < -0.3 is 14.4 Å². The summed E-state index contributed by atoms with van der Waals surface area (Å²) in [5.41, 5.74) is -0.636. The summed E-state index contributed by atoms with van der Waals surface area (Å²) in [5.74, 6) is -0.523. The largest absolute Gasteiger partial charge is 0.469 e. The van der Waals surface area contributed by atoms with Crippen molar-refractivity contribution in [2.24, 2.45) is 0 Å². The second kappa shape index (κ2) is 6.82. The van der Waals surface area contributed by atoms with Crippen molar-refractivity contribution >= 4 is 22.1 Å². The monoisotopic (exact) mass is 336 g/mol. The van der Waals surface area contributed by atoms with Gasteiger partial charge in [-0.3, -0.25) is 4.79 Å². The number of esters is 1. The lowest BCUT2D eigenvalue weighted by Crippen LogP contribution is -2.57. The first-order valence-corrected chi connectivity index (χ1v) is 8.80. The molecule has 1 heterocycles. The lowest BCUT2D eigenvalue weighted by atomic mass is 10.1. The molecule has 0 bridgehead atoms. The third-order valence-corrected chi connectivity index (χ3v) is 4.47. The van der Waals surface area contributed by atoms with Crippen LogP contribution in [0.4, 0.5) is 4.79 Å². The van der Waals surface area contributed by atoms with Gasteiger partial charge in [0.25, 0.3) is 0 Å². The van der Waals surface area contributed by atoms with E-state index in [1.807, 2.05) is 0 Å². The number of hydrogen-bond donors (Lipinski definition) is 0. The van der Waals surface area contributed by atoms with Gasteiger partial charge in [0.05, 0.1) is 25.8 Å². The van der Waals surface area contributed by atoms with Crippen LogP contribution in [0.1, 0.15) is 27.2 Å². The molecule has 1 amide bonds. The van der Waals surface area contributed by atoms with E-state index in [0.717, 1.165) is 6.26 Å². The normalized spacial score (nSPS) is 20.6. The maximum absolute atomic E-state index is 12.1. The van der Waals surface area contributed by atoms with E-state index in [1.54, 1.807) is 20.8 Å². The summed E-state index contributed by atoms with van der Waals surface area (Å²) in [5, 5.41) is 0. The predicted molar refractivity (Wildman–Crippen MR) is 79.8 cm³/mol. The van der Waals surface area contributed by atoms with Gasteiger partial charge >= 0.3 is 12.1 Å². The van der Waals surface area contributed by atoms with Crippen molar-refractivity contribution in [2.75, 3.05) is 33.0 Å². The Balaban J connectivity index is 2.86. The fourth-order valence-corrected chi connectivity index (χ4v) is 3.31. The summed E-state index contributed by atoms with van der Waals surface area (Å²) in [6.07, 6.45) is 0.457. The highest BCUT2D eigenvalue weighted by atomic mass is 32.2. The lowest BCUT2D eigenvalue weighted by Gasteiger charge is -2.39. The fraction of sp³-hybridized carbons (Fsp3) is 0.846. The standard InChI is InChI=1S/C13H24N2O6S/c1-13(2,3)21-12(17)14-6-7-15(22(5,18)19)10(9-14)8-11(16)20-4/h10H,6-9H2,1-5H3. The van der Waals surface area contributed by atoms with E-state index in [-0.39, 0.29) is 26.1 Å². The zero-order valence-corrected chi connectivity index (χ0v) is 14.5. The van der Waals surface area contributed by atoms with Gasteiger partial charge in [0.2, 0.25) is 10.0 Å². The van der Waals surface area contributed by atoms with Gasteiger partial charge in [0.15, 0.2) is 0 Å². The Morgan fingerprint density at radius 2 is 1.82 bits per heavy atom. The van der Waals surface area contributed by atoms with Crippen LogP contribution in [-0.2, 0) is 24.3 Å². The van der Waals surface area contributed by atoms with E-state index in [0.29, 0.717) is 0 Å². The number of ether oxygens (including phenoxy) is 2. The van der Waals surface area contributed by atoms with E-state index in [4.69, 9.17) is 4.74 Å². The number of methoxy groups -OCH3 is 1. The molecule has 1 aliphatic rings. The summed E-state index contributed by atoms with van der Waals surface area (Å²) in [4.78, 5) is 25.0. The van der Waals surface area contributed by atoms with Gasteiger partial charge in [-0.2, -0.15) is 4.31 Å². The molecule has 0 spiro atoms. The maximum Gasteiger partial charge on any atom is 0.410 e. The van der Waals surface area contributed by atoms with Crippen molar-refractivity contribution in [1.29, 1.82) is 0 Å². The molecule has 1 rings (SSSR count). The Hall–Kier alpha value is -1.35. The molecule has 0 N–H and O–H groups in total. The molecule has 0 aromatic heterocycles. The van der Waals surface area contributed by atoms with Gasteiger partial charge in [0, 0.05) is 19.6 Å². The number of amides is 1. The highest BCUT2D eigenvalue weighted by Gasteiger charge is 2.37. The molecular weight excluding hydrogens is 312 g/mol. The predicted octanol–water partition coefficient (Wildman–Crippen LogP) is 0.430. The van der Waals surface area contributed by atoms with E-state index in [2.05, 4.69) is 4.74 Å². The van der Waals surface area contributed by atoms with Crippen LogP contribution >= 0.6 is 0 Å². The zero-order chi connectivity index (χ0) is 17.1. The van der Waals surface area contributed by atoms with E-state index < -0.39 is 33.7 Å². The summed E-state index contributed by atoms with van der Waals surface area (Å²) in [7, 11) is -2.23. The molecule has 0 saturated carbocycles. The van der Waals surface area contributed by atoms with Crippen LogP contribution in [-0.4, -0.2) is 74.3 Å². The molecule has 128 valence electrons. The van der Waals surface area contributed by atoms with Crippen LogP contribution in [0.3, 0.4) is 0 Å². The number of carbonyl (C=O) groups is 2. The van der Waals surface area contributed by atoms with Crippen molar-refractivity contribution in [3.05, 3.63) is 0 Å². The minimum absolute atomic E-state index is 0.0943. The molecule has 9 heteroatoms. The minimum atomic E-state index is -3.47. The first kappa shape index (κ1) is 18.7. The van der Waals surface area contributed by atoms with Crippen LogP contribution in [0.2, 0.25) is 0 Å². The number of rotatable bonds is 3. The van der Waals surface area contributed by atoms with Crippen LogP contribution < -0.4 is 0 Å². The molecule has 1 aliphatic heterocycles. The fourth-order valence-electron chi connectivity index (χ4n) is 2.21. The van der Waals surface area contributed by atoms with E-state index >= 15 is 0 Å². The summed E-state index contributed by atoms with van der Waals surface area (Å²) in [6.45, 7) is 5.70. The zero-order valence-electron chi connectivity index (χ0n) is 13.7. The van der Waals surface area contributed by atoms with Crippen LogP contribution in [0.15, 0.2) is 0 Å². The highest BCUT2D eigenvalue weighted by molar-refractivity contribution is 7.88.